The van der Waals surface area contributed by atoms with Gasteiger partial charge in [-0.15, -0.1) is 0 Å². The molecule has 2 aliphatic heterocycles. The number of imide groups is 1. The van der Waals surface area contributed by atoms with E-state index >= 15 is 0 Å². The molecule has 2 amide bonds. The Labute approximate surface area is 204 Å². The number of benzene rings is 2. The van der Waals surface area contributed by atoms with Gasteiger partial charge >= 0.3 is 0 Å². The first-order valence-electron chi connectivity index (χ1n) is 12.2. The van der Waals surface area contributed by atoms with E-state index in [0.29, 0.717) is 17.0 Å². The zero-order valence-electron chi connectivity index (χ0n) is 19.6. The van der Waals surface area contributed by atoms with Crippen molar-refractivity contribution in [1.82, 2.24) is 9.91 Å². The first-order valence-corrected chi connectivity index (χ1v) is 12.2. The monoisotopic (exact) mass is 479 g/mol. The van der Waals surface area contributed by atoms with Crippen molar-refractivity contribution in [3.05, 3.63) is 72.1 Å². The number of carbonyl (C=O) groups is 2. The zero-order valence-corrected chi connectivity index (χ0v) is 19.6. The van der Waals surface area contributed by atoms with Gasteiger partial charge in [-0.1, -0.05) is 43.5 Å². The smallest absolute Gasteiger partial charge is 0.249 e. The molecule has 0 spiro atoms. The van der Waals surface area contributed by atoms with Gasteiger partial charge in [0.05, 0.1) is 25.2 Å². The summed E-state index contributed by atoms with van der Waals surface area (Å²) in [5.74, 6) is -0.765. The maximum Gasteiger partial charge on any atom is 0.249 e. The number of ether oxygens (including phenoxy) is 1. The van der Waals surface area contributed by atoms with Crippen molar-refractivity contribution in [3.8, 4) is 5.75 Å². The maximum absolute atomic E-state index is 13.7. The summed E-state index contributed by atoms with van der Waals surface area (Å²) in [6.45, 7) is 0. The molecule has 5 rings (SSSR count). The maximum atomic E-state index is 13.7. The van der Waals surface area contributed by atoms with Crippen LogP contribution in [0.3, 0.4) is 0 Å². The van der Waals surface area contributed by atoms with Crippen LogP contribution in [-0.4, -0.2) is 52.1 Å². The number of fused-ring (bicyclic) bond motifs is 1. The molecule has 1 saturated carbocycles. The van der Waals surface area contributed by atoms with Crippen molar-refractivity contribution >= 4 is 17.5 Å². The van der Waals surface area contributed by atoms with Crippen LogP contribution in [0.15, 0.2) is 60.7 Å². The van der Waals surface area contributed by atoms with E-state index in [0.717, 1.165) is 32.1 Å². The molecule has 4 unspecified atom stereocenters. The molecular weight excluding hydrogens is 449 g/mol. The van der Waals surface area contributed by atoms with Gasteiger partial charge < -0.3 is 15.3 Å². The lowest BCUT2D eigenvalue weighted by Crippen LogP contribution is -2.56. The number of nitrogens with zero attached hydrogens (tertiary/aromatic N) is 2. The van der Waals surface area contributed by atoms with Crippen LogP contribution in [0.5, 0.6) is 5.75 Å². The largest absolute Gasteiger partial charge is 0.497 e. The van der Waals surface area contributed by atoms with Crippen LogP contribution in [0, 0.1) is 11.7 Å². The fourth-order valence-corrected chi connectivity index (χ4v) is 5.46. The summed E-state index contributed by atoms with van der Waals surface area (Å²) in [6.07, 6.45) is 7.25. The molecule has 0 radical (unpaired) electrons. The Kier molecular flexibility index (Phi) is 6.58. The van der Waals surface area contributed by atoms with E-state index in [2.05, 4.69) is 5.43 Å². The molecule has 0 aromatic heterocycles. The van der Waals surface area contributed by atoms with E-state index in [1.165, 1.54) is 29.2 Å². The van der Waals surface area contributed by atoms with Crippen LogP contribution < -0.4 is 10.2 Å². The van der Waals surface area contributed by atoms with Gasteiger partial charge in [-0.3, -0.25) is 14.5 Å². The SMILES string of the molecule is COc1ccc(NN2C(C(O)c3ccc(F)cc3)C=CC3C(=O)N(C4CCCCC4)C(=O)C32)cc1. The van der Waals surface area contributed by atoms with Gasteiger partial charge in [-0.05, 0) is 54.8 Å². The number of rotatable bonds is 6. The van der Waals surface area contributed by atoms with Crippen molar-refractivity contribution in [2.24, 2.45) is 5.92 Å². The van der Waals surface area contributed by atoms with Crippen molar-refractivity contribution in [2.75, 3.05) is 12.5 Å². The molecule has 2 fully saturated rings. The predicted octanol–water partition coefficient (Wildman–Crippen LogP) is 3.82. The number of carbonyl (C=O) groups excluding carboxylic acids is 2. The first-order chi connectivity index (χ1) is 17.0. The summed E-state index contributed by atoms with van der Waals surface area (Å²) in [5, 5.41) is 13.0. The van der Waals surface area contributed by atoms with Crippen LogP contribution in [0.4, 0.5) is 10.1 Å². The van der Waals surface area contributed by atoms with Crippen molar-refractivity contribution in [2.45, 2.75) is 56.3 Å². The van der Waals surface area contributed by atoms with Gasteiger partial charge in [0.2, 0.25) is 11.8 Å². The Hall–Kier alpha value is -3.23. The average molecular weight is 480 g/mol. The fraction of sp³-hybridized carbons (Fsp3) is 0.407. The van der Waals surface area contributed by atoms with Gasteiger partial charge in [-0.2, -0.15) is 0 Å². The Bertz CT molecular complexity index is 1100. The van der Waals surface area contributed by atoms with Crippen molar-refractivity contribution in [3.63, 3.8) is 0 Å². The number of hydrogen-bond acceptors (Lipinski definition) is 6. The molecule has 1 saturated heterocycles. The highest BCUT2D eigenvalue weighted by Crippen LogP contribution is 2.38. The molecule has 4 atom stereocenters. The summed E-state index contributed by atoms with van der Waals surface area (Å²) in [6, 6.07) is 11.3. The highest BCUT2D eigenvalue weighted by atomic mass is 19.1. The number of nitrogens with one attached hydrogen (secondary N) is 1. The summed E-state index contributed by atoms with van der Waals surface area (Å²) in [5.41, 5.74) is 4.49. The molecule has 3 aliphatic rings. The zero-order chi connectivity index (χ0) is 24.5. The Morgan fingerprint density at radius 3 is 2.31 bits per heavy atom. The minimum Gasteiger partial charge on any atom is -0.497 e. The lowest BCUT2D eigenvalue weighted by molar-refractivity contribution is -0.143. The quantitative estimate of drug-likeness (QED) is 0.484. The molecule has 35 heavy (non-hydrogen) atoms. The number of likely N-dealkylation sites (tertiary alicyclic amines) is 1. The van der Waals surface area contributed by atoms with Crippen LogP contribution in [0.2, 0.25) is 0 Å². The van der Waals surface area contributed by atoms with Gasteiger partial charge in [0, 0.05) is 11.7 Å². The first kappa shape index (κ1) is 23.5. The number of anilines is 1. The molecule has 1 aliphatic carbocycles. The normalized spacial score (nSPS) is 26.0. The van der Waals surface area contributed by atoms with Crippen LogP contribution in [0.1, 0.15) is 43.8 Å². The fourth-order valence-electron chi connectivity index (χ4n) is 5.46. The third kappa shape index (κ3) is 4.44. The highest BCUT2D eigenvalue weighted by molar-refractivity contribution is 6.08. The summed E-state index contributed by atoms with van der Waals surface area (Å²) in [4.78, 5) is 28.6. The second-order valence-electron chi connectivity index (χ2n) is 9.43. The topological polar surface area (TPSA) is 82.1 Å². The lowest BCUT2D eigenvalue weighted by Gasteiger charge is -2.41. The third-order valence-corrected chi connectivity index (χ3v) is 7.31. The summed E-state index contributed by atoms with van der Waals surface area (Å²) in [7, 11) is 1.58. The van der Waals surface area contributed by atoms with E-state index < -0.39 is 29.9 Å². The van der Waals surface area contributed by atoms with E-state index in [1.54, 1.807) is 36.4 Å². The van der Waals surface area contributed by atoms with Gasteiger partial charge in [0.1, 0.15) is 17.6 Å². The molecule has 2 aromatic rings. The Morgan fingerprint density at radius 1 is 0.971 bits per heavy atom. The molecule has 0 bridgehead atoms. The highest BCUT2D eigenvalue weighted by Gasteiger charge is 2.55. The minimum absolute atomic E-state index is 0.0777. The third-order valence-electron chi connectivity index (χ3n) is 7.31. The van der Waals surface area contributed by atoms with Crippen LogP contribution in [0.25, 0.3) is 0 Å². The Morgan fingerprint density at radius 2 is 1.66 bits per heavy atom. The van der Waals surface area contributed by atoms with Gasteiger partial charge in [0.25, 0.3) is 0 Å². The minimum atomic E-state index is -1.05. The molecule has 2 N–H and O–H groups in total. The number of halogens is 1. The van der Waals surface area contributed by atoms with E-state index in [-0.39, 0.29) is 17.9 Å². The number of hydrazine groups is 1. The second kappa shape index (κ2) is 9.79. The summed E-state index contributed by atoms with van der Waals surface area (Å²) < 4.78 is 18.7. The molecule has 184 valence electrons. The Balaban J connectivity index is 1.49. The lowest BCUT2D eigenvalue weighted by atomic mass is 9.90. The number of amides is 2. The van der Waals surface area contributed by atoms with Crippen molar-refractivity contribution in [1.29, 1.82) is 0 Å². The standard InChI is InChI=1S/C27H30FN3O4/c1-35-21-13-11-19(12-14-21)29-31-23(25(32)17-7-9-18(28)10-8-17)16-15-22-24(31)27(34)30(26(22)33)20-5-3-2-4-6-20/h7-16,20,22-25,29,32H,2-6H2,1H3. The predicted molar refractivity (Wildman–Crippen MR) is 129 cm³/mol. The van der Waals surface area contributed by atoms with Crippen LogP contribution >= 0.6 is 0 Å². The van der Waals surface area contributed by atoms with E-state index in [4.69, 9.17) is 4.74 Å². The van der Waals surface area contributed by atoms with Gasteiger partial charge in [-0.25, -0.2) is 9.40 Å². The van der Waals surface area contributed by atoms with E-state index in [1.807, 2.05) is 12.1 Å². The number of methoxy groups -OCH3 is 1. The number of hydrogen-bond donors (Lipinski definition) is 2. The van der Waals surface area contributed by atoms with E-state index in [9.17, 15) is 19.1 Å². The summed E-state index contributed by atoms with van der Waals surface area (Å²) >= 11 is 0. The van der Waals surface area contributed by atoms with Crippen molar-refractivity contribution < 1.29 is 23.8 Å². The molecule has 7 nitrogen and oxygen atoms in total. The number of aliphatic hydroxyl groups excluding tert-OH is 1. The molecule has 2 heterocycles. The van der Waals surface area contributed by atoms with Gasteiger partial charge in [0.15, 0.2) is 0 Å². The molecular formula is C27H30FN3O4. The molecule has 2 aromatic carbocycles. The molecule has 8 heteroatoms. The van der Waals surface area contributed by atoms with Crippen LogP contribution in [-0.2, 0) is 9.59 Å². The second-order valence-corrected chi connectivity index (χ2v) is 9.43. The average Bonchev–Trinajstić information content (AvgIpc) is 3.15. The number of aliphatic hydroxyl groups is 1.